The quantitative estimate of drug-likeness (QED) is 0.814. The van der Waals surface area contributed by atoms with E-state index in [-0.39, 0.29) is 12.6 Å². The first-order valence-electron chi connectivity index (χ1n) is 9.12. The zero-order valence-corrected chi connectivity index (χ0v) is 15.1. The van der Waals surface area contributed by atoms with Crippen LogP contribution in [0.1, 0.15) is 44.1 Å². The third-order valence-electron chi connectivity index (χ3n) is 5.08. The maximum atomic E-state index is 12.4. The number of aliphatic hydroxyl groups is 1. The van der Waals surface area contributed by atoms with Crippen molar-refractivity contribution in [3.05, 3.63) is 29.8 Å². The van der Waals surface area contributed by atoms with Gasteiger partial charge in [0.25, 0.3) is 0 Å². The Labute approximate surface area is 149 Å². The average molecular weight is 349 g/mol. The van der Waals surface area contributed by atoms with E-state index < -0.39 is 0 Å². The van der Waals surface area contributed by atoms with Gasteiger partial charge in [0.15, 0.2) is 0 Å². The molecule has 1 aromatic rings. The summed E-state index contributed by atoms with van der Waals surface area (Å²) in [5.41, 5.74) is 2.17. The molecule has 1 aromatic carbocycles. The van der Waals surface area contributed by atoms with Crippen molar-refractivity contribution < 1.29 is 9.90 Å². The lowest BCUT2D eigenvalue weighted by molar-refractivity contribution is 0.217. The van der Waals surface area contributed by atoms with Crippen molar-refractivity contribution in [2.24, 2.45) is 5.92 Å². The molecule has 132 valence electrons. The maximum Gasteiger partial charge on any atom is 0.321 e. The standard InChI is InChI=1S/C19H28N2O2S/c22-11-9-15-8-10-21(13-15)19(23)20-17-5-3-4-16(12-17)14-24-18-6-1-2-7-18/h3-5,12,15,18,22H,1-2,6-11,13-14H2,(H,20,23). The first-order valence-corrected chi connectivity index (χ1v) is 10.2. The summed E-state index contributed by atoms with van der Waals surface area (Å²) in [5, 5.41) is 12.9. The number of aliphatic hydroxyl groups excluding tert-OH is 1. The molecule has 2 amide bonds. The Morgan fingerprint density at radius 3 is 2.92 bits per heavy atom. The normalized spacial score (nSPS) is 21.4. The minimum absolute atomic E-state index is 0.0176. The summed E-state index contributed by atoms with van der Waals surface area (Å²) in [5.74, 6) is 1.46. The molecule has 1 atom stereocenters. The van der Waals surface area contributed by atoms with Gasteiger partial charge in [0.1, 0.15) is 0 Å². The molecule has 0 aromatic heterocycles. The number of likely N-dealkylation sites (tertiary alicyclic amines) is 1. The zero-order valence-electron chi connectivity index (χ0n) is 14.2. The van der Waals surface area contributed by atoms with E-state index in [0.717, 1.165) is 42.6 Å². The molecule has 2 N–H and O–H groups in total. The average Bonchev–Trinajstić information content (AvgIpc) is 3.25. The zero-order chi connectivity index (χ0) is 16.8. The highest BCUT2D eigenvalue weighted by Crippen LogP contribution is 2.32. The highest BCUT2D eigenvalue weighted by atomic mass is 32.2. The fourth-order valence-corrected chi connectivity index (χ4v) is 4.92. The van der Waals surface area contributed by atoms with Gasteiger partial charge in [-0.15, -0.1) is 0 Å². The molecule has 1 heterocycles. The third kappa shape index (κ3) is 4.90. The Balaban J connectivity index is 1.49. The van der Waals surface area contributed by atoms with Gasteiger partial charge in [0.2, 0.25) is 0 Å². The smallest absolute Gasteiger partial charge is 0.321 e. The van der Waals surface area contributed by atoms with Gasteiger partial charge >= 0.3 is 6.03 Å². The number of anilines is 1. The van der Waals surface area contributed by atoms with Gasteiger partial charge in [-0.1, -0.05) is 25.0 Å². The highest BCUT2D eigenvalue weighted by molar-refractivity contribution is 7.99. The fraction of sp³-hybridized carbons (Fsp3) is 0.632. The molecule has 2 aliphatic rings. The lowest BCUT2D eigenvalue weighted by Gasteiger charge is -2.18. The molecule has 1 saturated carbocycles. The molecule has 0 radical (unpaired) electrons. The van der Waals surface area contributed by atoms with Crippen molar-refractivity contribution in [3.8, 4) is 0 Å². The van der Waals surface area contributed by atoms with Gasteiger partial charge in [-0.25, -0.2) is 4.79 Å². The van der Waals surface area contributed by atoms with E-state index in [1.54, 1.807) is 0 Å². The first kappa shape index (κ1) is 17.6. The van der Waals surface area contributed by atoms with E-state index in [0.29, 0.717) is 5.92 Å². The van der Waals surface area contributed by atoms with Crippen LogP contribution in [0.15, 0.2) is 24.3 Å². The summed E-state index contributed by atoms with van der Waals surface area (Å²) in [4.78, 5) is 14.3. The SMILES string of the molecule is O=C(Nc1cccc(CSC2CCCC2)c1)N1CCC(CCO)C1. The number of nitrogens with zero attached hydrogens (tertiary/aromatic N) is 1. The van der Waals surface area contributed by atoms with E-state index in [1.807, 2.05) is 28.8 Å². The first-order chi connectivity index (χ1) is 11.7. The summed E-state index contributed by atoms with van der Waals surface area (Å²) in [6.07, 6.45) is 7.24. The van der Waals surface area contributed by atoms with E-state index in [1.165, 1.54) is 31.2 Å². The monoisotopic (exact) mass is 348 g/mol. The Morgan fingerprint density at radius 1 is 1.29 bits per heavy atom. The molecule has 5 heteroatoms. The summed E-state index contributed by atoms with van der Waals surface area (Å²) >= 11 is 2.05. The molecule has 1 saturated heterocycles. The number of carbonyl (C=O) groups excluding carboxylic acids is 1. The minimum atomic E-state index is -0.0176. The minimum Gasteiger partial charge on any atom is -0.396 e. The van der Waals surface area contributed by atoms with E-state index >= 15 is 0 Å². The van der Waals surface area contributed by atoms with Gasteiger partial charge in [-0.2, -0.15) is 11.8 Å². The molecule has 3 rings (SSSR count). The molecule has 24 heavy (non-hydrogen) atoms. The Bertz CT molecular complexity index is 546. The van der Waals surface area contributed by atoms with E-state index in [2.05, 4.69) is 17.4 Å². The van der Waals surface area contributed by atoms with Crippen LogP contribution in [0.25, 0.3) is 0 Å². The van der Waals surface area contributed by atoms with Gasteiger partial charge in [0.05, 0.1) is 0 Å². The van der Waals surface area contributed by atoms with Gasteiger partial charge < -0.3 is 15.3 Å². The van der Waals surface area contributed by atoms with Crippen molar-refractivity contribution in [2.45, 2.75) is 49.5 Å². The molecular formula is C19H28N2O2S. The predicted molar refractivity (Wildman–Crippen MR) is 100 cm³/mol. The molecule has 0 bridgehead atoms. The number of urea groups is 1. The maximum absolute atomic E-state index is 12.4. The van der Waals surface area contributed by atoms with Crippen molar-refractivity contribution in [2.75, 3.05) is 25.0 Å². The van der Waals surface area contributed by atoms with Gasteiger partial charge in [-0.05, 0) is 49.3 Å². The van der Waals surface area contributed by atoms with Crippen LogP contribution in [0, 0.1) is 5.92 Å². The largest absolute Gasteiger partial charge is 0.396 e. The van der Waals surface area contributed by atoms with Crippen molar-refractivity contribution in [3.63, 3.8) is 0 Å². The summed E-state index contributed by atoms with van der Waals surface area (Å²) in [6.45, 7) is 1.75. The molecule has 2 fully saturated rings. The summed E-state index contributed by atoms with van der Waals surface area (Å²) < 4.78 is 0. The second-order valence-corrected chi connectivity index (χ2v) is 8.25. The Hall–Kier alpha value is -1.20. The lowest BCUT2D eigenvalue weighted by Crippen LogP contribution is -2.33. The van der Waals surface area contributed by atoms with Crippen molar-refractivity contribution in [1.29, 1.82) is 0 Å². The van der Waals surface area contributed by atoms with Gasteiger partial charge in [0, 0.05) is 36.4 Å². The van der Waals surface area contributed by atoms with Crippen LogP contribution in [0.5, 0.6) is 0 Å². The van der Waals surface area contributed by atoms with Crippen LogP contribution in [0.2, 0.25) is 0 Å². The Morgan fingerprint density at radius 2 is 2.12 bits per heavy atom. The third-order valence-corrected chi connectivity index (χ3v) is 6.52. The van der Waals surface area contributed by atoms with Crippen molar-refractivity contribution >= 4 is 23.5 Å². The van der Waals surface area contributed by atoms with Crippen LogP contribution in [0.4, 0.5) is 10.5 Å². The molecule has 1 aliphatic carbocycles. The molecule has 4 nitrogen and oxygen atoms in total. The van der Waals surface area contributed by atoms with Crippen LogP contribution < -0.4 is 5.32 Å². The molecule has 1 aliphatic heterocycles. The summed E-state index contributed by atoms with van der Waals surface area (Å²) in [7, 11) is 0. The summed E-state index contributed by atoms with van der Waals surface area (Å²) in [6, 6.07) is 8.21. The number of nitrogens with one attached hydrogen (secondary N) is 1. The van der Waals surface area contributed by atoms with Crippen LogP contribution in [0.3, 0.4) is 0 Å². The second kappa shape index (κ2) is 8.77. The number of benzene rings is 1. The number of rotatable bonds is 6. The van der Waals surface area contributed by atoms with E-state index in [9.17, 15) is 4.79 Å². The lowest BCUT2D eigenvalue weighted by atomic mass is 10.1. The molecular weight excluding hydrogens is 320 g/mol. The molecule has 1 unspecified atom stereocenters. The van der Waals surface area contributed by atoms with Crippen LogP contribution >= 0.6 is 11.8 Å². The number of carbonyl (C=O) groups is 1. The number of hydrogen-bond acceptors (Lipinski definition) is 3. The number of hydrogen-bond donors (Lipinski definition) is 2. The Kier molecular flexibility index (Phi) is 6.44. The van der Waals surface area contributed by atoms with Crippen LogP contribution in [-0.4, -0.2) is 41.0 Å². The van der Waals surface area contributed by atoms with E-state index in [4.69, 9.17) is 5.11 Å². The predicted octanol–water partition coefficient (Wildman–Crippen LogP) is 4.10. The van der Waals surface area contributed by atoms with Gasteiger partial charge in [-0.3, -0.25) is 0 Å². The number of amides is 2. The molecule has 0 spiro atoms. The fourth-order valence-electron chi connectivity index (χ4n) is 3.65. The second-order valence-electron chi connectivity index (χ2n) is 6.96. The van der Waals surface area contributed by atoms with Crippen molar-refractivity contribution in [1.82, 2.24) is 4.90 Å². The number of thioether (sulfide) groups is 1. The van der Waals surface area contributed by atoms with Crippen LogP contribution in [-0.2, 0) is 5.75 Å². The highest BCUT2D eigenvalue weighted by Gasteiger charge is 2.25. The topological polar surface area (TPSA) is 52.6 Å².